The SMILES string of the molecule is C/C(=C\C[C@@H](O)CO)Cn1cnc2c(Cl)nc(N)nc21. The van der Waals surface area contributed by atoms with Gasteiger partial charge >= 0.3 is 0 Å². The zero-order valence-electron chi connectivity index (χ0n) is 11.0. The van der Waals surface area contributed by atoms with E-state index in [-0.39, 0.29) is 17.7 Å². The molecule has 0 saturated heterocycles. The van der Waals surface area contributed by atoms with Crippen molar-refractivity contribution in [2.45, 2.75) is 26.0 Å². The van der Waals surface area contributed by atoms with Crippen molar-refractivity contribution in [2.75, 3.05) is 12.3 Å². The van der Waals surface area contributed by atoms with Gasteiger partial charge in [-0.3, -0.25) is 0 Å². The van der Waals surface area contributed by atoms with Gasteiger partial charge in [-0.2, -0.15) is 9.97 Å². The molecule has 0 fully saturated rings. The monoisotopic (exact) mass is 297 g/mol. The largest absolute Gasteiger partial charge is 0.394 e. The Bertz CT molecular complexity index is 640. The number of hydrogen-bond acceptors (Lipinski definition) is 6. The van der Waals surface area contributed by atoms with E-state index in [0.717, 1.165) is 5.57 Å². The minimum atomic E-state index is -0.739. The Morgan fingerprint density at radius 1 is 1.55 bits per heavy atom. The fourth-order valence-electron chi connectivity index (χ4n) is 1.79. The molecule has 0 aliphatic heterocycles. The lowest BCUT2D eigenvalue weighted by Crippen LogP contribution is -2.10. The van der Waals surface area contributed by atoms with Crippen LogP contribution in [0.3, 0.4) is 0 Å². The third-order valence-corrected chi connectivity index (χ3v) is 3.07. The van der Waals surface area contributed by atoms with Crippen LogP contribution < -0.4 is 5.73 Å². The number of nitrogens with zero attached hydrogens (tertiary/aromatic N) is 4. The molecule has 0 spiro atoms. The molecule has 1 atom stereocenters. The number of aliphatic hydroxyl groups is 2. The molecular weight excluding hydrogens is 282 g/mol. The van der Waals surface area contributed by atoms with Crippen LogP contribution in [0.2, 0.25) is 5.15 Å². The van der Waals surface area contributed by atoms with Crippen molar-refractivity contribution in [1.29, 1.82) is 0 Å². The average Bonchev–Trinajstić information content (AvgIpc) is 2.79. The van der Waals surface area contributed by atoms with Crippen LogP contribution in [0.4, 0.5) is 5.95 Å². The molecule has 7 nitrogen and oxygen atoms in total. The molecule has 2 heterocycles. The predicted molar refractivity (Wildman–Crippen MR) is 76.2 cm³/mol. The van der Waals surface area contributed by atoms with E-state index in [4.69, 9.17) is 22.4 Å². The van der Waals surface area contributed by atoms with Gasteiger partial charge in [0.15, 0.2) is 10.8 Å². The first-order valence-corrected chi connectivity index (χ1v) is 6.47. The number of aromatic nitrogens is 4. The van der Waals surface area contributed by atoms with E-state index in [0.29, 0.717) is 24.1 Å². The first kappa shape index (κ1) is 14.7. The normalized spacial score (nSPS) is 13.9. The number of aliphatic hydroxyl groups excluding tert-OH is 2. The number of allylic oxidation sites excluding steroid dienone is 1. The van der Waals surface area contributed by atoms with Gasteiger partial charge < -0.3 is 20.5 Å². The van der Waals surface area contributed by atoms with Gasteiger partial charge in [0.05, 0.1) is 19.0 Å². The minimum Gasteiger partial charge on any atom is -0.394 e. The van der Waals surface area contributed by atoms with Crippen molar-refractivity contribution in [1.82, 2.24) is 19.5 Å². The number of hydrogen-bond donors (Lipinski definition) is 3. The van der Waals surface area contributed by atoms with Gasteiger partial charge in [-0.1, -0.05) is 23.3 Å². The van der Waals surface area contributed by atoms with Crippen molar-refractivity contribution in [3.63, 3.8) is 0 Å². The number of nitrogens with two attached hydrogens (primary N) is 1. The molecule has 0 aromatic carbocycles. The Labute approximate surface area is 120 Å². The maximum Gasteiger partial charge on any atom is 0.223 e. The molecule has 108 valence electrons. The lowest BCUT2D eigenvalue weighted by atomic mass is 10.2. The third kappa shape index (κ3) is 3.24. The van der Waals surface area contributed by atoms with E-state index in [2.05, 4.69) is 15.0 Å². The summed E-state index contributed by atoms with van der Waals surface area (Å²) >= 11 is 5.95. The number of nitrogen functional groups attached to an aromatic ring is 1. The molecule has 0 bridgehead atoms. The second kappa shape index (κ2) is 6.17. The van der Waals surface area contributed by atoms with Crippen LogP contribution in [0.15, 0.2) is 18.0 Å². The van der Waals surface area contributed by atoms with Crippen LogP contribution in [-0.2, 0) is 6.54 Å². The van der Waals surface area contributed by atoms with Crippen molar-refractivity contribution in [3.05, 3.63) is 23.1 Å². The Balaban J connectivity index is 2.22. The molecule has 0 saturated carbocycles. The van der Waals surface area contributed by atoms with E-state index < -0.39 is 6.10 Å². The van der Waals surface area contributed by atoms with Crippen molar-refractivity contribution >= 4 is 28.7 Å². The summed E-state index contributed by atoms with van der Waals surface area (Å²) in [5, 5.41) is 18.3. The van der Waals surface area contributed by atoms with Gasteiger partial charge in [-0.15, -0.1) is 0 Å². The molecular formula is C12H16ClN5O2. The van der Waals surface area contributed by atoms with Crippen LogP contribution in [-0.4, -0.2) is 42.4 Å². The minimum absolute atomic E-state index is 0.0987. The van der Waals surface area contributed by atoms with Crippen LogP contribution in [0, 0.1) is 0 Å². The van der Waals surface area contributed by atoms with E-state index in [1.165, 1.54) is 0 Å². The number of halogens is 1. The van der Waals surface area contributed by atoms with Crippen molar-refractivity contribution in [3.8, 4) is 0 Å². The maximum atomic E-state index is 9.31. The molecule has 8 heteroatoms. The van der Waals surface area contributed by atoms with E-state index in [1.54, 1.807) is 10.9 Å². The Hall–Kier alpha value is -1.70. The Morgan fingerprint density at radius 2 is 2.30 bits per heavy atom. The van der Waals surface area contributed by atoms with Crippen LogP contribution in [0.25, 0.3) is 11.2 Å². The van der Waals surface area contributed by atoms with E-state index in [9.17, 15) is 5.11 Å². The summed E-state index contributed by atoms with van der Waals surface area (Å²) in [6.07, 6.45) is 3.13. The second-order valence-corrected chi connectivity index (χ2v) is 4.90. The quantitative estimate of drug-likeness (QED) is 0.555. The third-order valence-electron chi connectivity index (χ3n) is 2.81. The highest BCUT2D eigenvalue weighted by molar-refractivity contribution is 6.33. The number of anilines is 1. The first-order chi connectivity index (χ1) is 9.51. The highest BCUT2D eigenvalue weighted by Gasteiger charge is 2.10. The molecule has 2 aromatic heterocycles. The number of fused-ring (bicyclic) bond motifs is 1. The lowest BCUT2D eigenvalue weighted by molar-refractivity contribution is 0.0974. The zero-order chi connectivity index (χ0) is 14.7. The van der Waals surface area contributed by atoms with E-state index in [1.807, 2.05) is 13.0 Å². The molecule has 0 amide bonds. The summed E-state index contributed by atoms with van der Waals surface area (Å²) in [4.78, 5) is 12.1. The molecule has 2 rings (SSSR count). The summed E-state index contributed by atoms with van der Waals surface area (Å²) in [6, 6.07) is 0. The fraction of sp³-hybridized carbons (Fsp3) is 0.417. The fourth-order valence-corrected chi connectivity index (χ4v) is 2.01. The summed E-state index contributed by atoms with van der Waals surface area (Å²) in [5.74, 6) is 0.0987. The Morgan fingerprint density at radius 3 is 3.00 bits per heavy atom. The van der Waals surface area contributed by atoms with Gasteiger partial charge in [0, 0.05) is 6.54 Å². The predicted octanol–water partition coefficient (Wildman–Crippen LogP) is 0.751. The van der Waals surface area contributed by atoms with Crippen molar-refractivity contribution < 1.29 is 10.2 Å². The van der Waals surface area contributed by atoms with Gasteiger partial charge in [0.2, 0.25) is 5.95 Å². The Kier molecular flexibility index (Phi) is 4.53. The average molecular weight is 298 g/mol. The van der Waals surface area contributed by atoms with Gasteiger partial charge in [0.25, 0.3) is 0 Å². The van der Waals surface area contributed by atoms with Crippen molar-refractivity contribution in [2.24, 2.45) is 0 Å². The standard InChI is InChI=1S/C12H16ClN5O2/c1-7(2-3-8(20)5-19)4-18-6-15-9-10(13)16-12(14)17-11(9)18/h2,6,8,19-20H,3-5H2,1H3,(H2,14,16,17)/b7-2+/t8-/m1/s1. The summed E-state index contributed by atoms with van der Waals surface area (Å²) in [6.45, 7) is 2.21. The van der Waals surface area contributed by atoms with Crippen LogP contribution >= 0.6 is 11.6 Å². The molecule has 20 heavy (non-hydrogen) atoms. The summed E-state index contributed by atoms with van der Waals surface area (Å²) in [5.41, 5.74) is 7.65. The maximum absolute atomic E-state index is 9.31. The van der Waals surface area contributed by atoms with Gasteiger partial charge in [-0.25, -0.2) is 4.98 Å². The number of imidazole rings is 1. The van der Waals surface area contributed by atoms with Crippen LogP contribution in [0.1, 0.15) is 13.3 Å². The van der Waals surface area contributed by atoms with Crippen LogP contribution in [0.5, 0.6) is 0 Å². The highest BCUT2D eigenvalue weighted by Crippen LogP contribution is 2.20. The highest BCUT2D eigenvalue weighted by atomic mass is 35.5. The van der Waals surface area contributed by atoms with Gasteiger partial charge in [-0.05, 0) is 13.3 Å². The molecule has 0 unspecified atom stereocenters. The van der Waals surface area contributed by atoms with E-state index >= 15 is 0 Å². The van der Waals surface area contributed by atoms with Gasteiger partial charge in [0.1, 0.15) is 5.52 Å². The first-order valence-electron chi connectivity index (χ1n) is 6.09. The smallest absolute Gasteiger partial charge is 0.223 e. The molecule has 4 N–H and O–H groups in total. The topological polar surface area (TPSA) is 110 Å². The molecule has 0 aliphatic rings. The number of rotatable bonds is 5. The molecule has 2 aromatic rings. The zero-order valence-corrected chi connectivity index (χ0v) is 11.7. The lowest BCUT2D eigenvalue weighted by Gasteiger charge is -2.07. The molecule has 0 aliphatic carbocycles. The molecule has 0 radical (unpaired) electrons. The summed E-state index contributed by atoms with van der Waals surface area (Å²) in [7, 11) is 0. The summed E-state index contributed by atoms with van der Waals surface area (Å²) < 4.78 is 1.80. The second-order valence-electron chi connectivity index (χ2n) is 4.54.